The SMILES string of the molecule is COCC(=O)N1CCN(Cc2ccc(OC)c(OCCCn3ccnc3C)c2)C[C@@](O)(COc2ccc(F)c(F)c2)C1. The third kappa shape index (κ3) is 8.40. The van der Waals surface area contributed by atoms with Crippen LogP contribution >= 0.6 is 0 Å². The molecule has 0 bridgehead atoms. The van der Waals surface area contributed by atoms with Crippen LogP contribution in [0.15, 0.2) is 48.8 Å². The van der Waals surface area contributed by atoms with E-state index < -0.39 is 17.2 Å². The Labute approximate surface area is 244 Å². The lowest BCUT2D eigenvalue weighted by Gasteiger charge is -2.33. The topological polar surface area (TPSA) is 98.5 Å². The molecule has 1 fully saturated rings. The Bertz CT molecular complexity index is 1340. The molecule has 0 radical (unpaired) electrons. The van der Waals surface area contributed by atoms with Gasteiger partial charge in [-0.15, -0.1) is 0 Å². The van der Waals surface area contributed by atoms with E-state index in [1.165, 1.54) is 18.1 Å². The minimum absolute atomic E-state index is 0.0112. The number of amides is 1. The second-order valence-electron chi connectivity index (χ2n) is 10.4. The standard InChI is InChI=1S/C30H38F2N4O6/c1-22-33-9-11-35(22)10-4-14-41-28-15-23(5-8-27(28)40-3)17-34-12-13-36(29(37)18-39-2)20-30(38,19-34)21-42-24-6-7-25(31)26(32)16-24/h5-9,11,15-16,38H,4,10,12-14,17-21H2,1-3H3/t30-/m0/s1. The maximum atomic E-state index is 13.7. The van der Waals surface area contributed by atoms with Gasteiger partial charge in [-0.25, -0.2) is 13.8 Å². The molecule has 12 heteroatoms. The number of benzene rings is 2. The summed E-state index contributed by atoms with van der Waals surface area (Å²) in [4.78, 5) is 20.5. The van der Waals surface area contributed by atoms with Crippen LogP contribution in [0.25, 0.3) is 0 Å². The number of aromatic nitrogens is 2. The largest absolute Gasteiger partial charge is 0.493 e. The van der Waals surface area contributed by atoms with Crippen LogP contribution < -0.4 is 14.2 Å². The first-order valence-electron chi connectivity index (χ1n) is 13.8. The minimum atomic E-state index is -1.50. The molecule has 0 unspecified atom stereocenters. The number of hydrogen-bond acceptors (Lipinski definition) is 8. The van der Waals surface area contributed by atoms with Crippen molar-refractivity contribution >= 4 is 5.91 Å². The van der Waals surface area contributed by atoms with Gasteiger partial charge in [-0.05, 0) is 43.2 Å². The van der Waals surface area contributed by atoms with E-state index >= 15 is 0 Å². The van der Waals surface area contributed by atoms with Crippen LogP contribution in [-0.2, 0) is 22.6 Å². The Hall–Kier alpha value is -3.74. The van der Waals surface area contributed by atoms with Crippen LogP contribution in [0.1, 0.15) is 17.8 Å². The van der Waals surface area contributed by atoms with Crippen LogP contribution in [0.4, 0.5) is 8.78 Å². The third-order valence-corrected chi connectivity index (χ3v) is 7.07. The van der Waals surface area contributed by atoms with Gasteiger partial charge in [0, 0.05) is 58.3 Å². The molecule has 1 N–H and O–H groups in total. The number of ether oxygens (including phenoxy) is 4. The molecule has 1 aromatic heterocycles. The van der Waals surface area contributed by atoms with Crippen molar-refractivity contribution in [1.82, 2.24) is 19.4 Å². The van der Waals surface area contributed by atoms with Gasteiger partial charge >= 0.3 is 0 Å². The average molecular weight is 589 g/mol. The number of imidazole rings is 1. The molecule has 10 nitrogen and oxygen atoms in total. The van der Waals surface area contributed by atoms with E-state index in [9.17, 15) is 18.7 Å². The first kappa shape index (κ1) is 31.2. The fourth-order valence-corrected chi connectivity index (χ4v) is 4.93. The Morgan fingerprint density at radius 2 is 1.88 bits per heavy atom. The molecular formula is C30H38F2N4O6. The van der Waals surface area contributed by atoms with Gasteiger partial charge in [0.1, 0.15) is 30.4 Å². The second-order valence-corrected chi connectivity index (χ2v) is 10.4. The van der Waals surface area contributed by atoms with Crippen molar-refractivity contribution in [3.8, 4) is 17.2 Å². The third-order valence-electron chi connectivity index (χ3n) is 7.07. The number of rotatable bonds is 13. The zero-order valence-electron chi connectivity index (χ0n) is 24.2. The van der Waals surface area contributed by atoms with E-state index in [-0.39, 0.29) is 38.0 Å². The molecule has 0 saturated carbocycles. The van der Waals surface area contributed by atoms with Crippen LogP contribution in [-0.4, -0.2) is 96.2 Å². The fraction of sp³-hybridized carbons (Fsp3) is 0.467. The monoisotopic (exact) mass is 588 g/mol. The summed E-state index contributed by atoms with van der Waals surface area (Å²) in [5.41, 5.74) is -0.570. The molecular weight excluding hydrogens is 550 g/mol. The maximum absolute atomic E-state index is 13.7. The zero-order valence-corrected chi connectivity index (χ0v) is 24.2. The Morgan fingerprint density at radius 1 is 1.05 bits per heavy atom. The summed E-state index contributed by atoms with van der Waals surface area (Å²) < 4.78 is 51.4. The Kier molecular flexibility index (Phi) is 10.7. The summed E-state index contributed by atoms with van der Waals surface area (Å²) in [6.07, 6.45) is 4.49. The molecule has 1 saturated heterocycles. The molecule has 0 spiro atoms. The molecule has 1 amide bonds. The van der Waals surface area contributed by atoms with E-state index in [4.69, 9.17) is 18.9 Å². The molecule has 1 atom stereocenters. The zero-order chi connectivity index (χ0) is 30.1. The van der Waals surface area contributed by atoms with Gasteiger partial charge in [0.15, 0.2) is 23.1 Å². The average Bonchev–Trinajstić information content (AvgIpc) is 3.30. The highest BCUT2D eigenvalue weighted by Gasteiger charge is 2.37. The molecule has 3 aromatic rings. The van der Waals surface area contributed by atoms with Gasteiger partial charge in [-0.1, -0.05) is 6.07 Å². The molecule has 2 aromatic carbocycles. The number of β-amino-alcohol motifs (C(OH)–C–C–N with tert-alkyl or cyclic N) is 1. The molecule has 2 heterocycles. The second kappa shape index (κ2) is 14.4. The Morgan fingerprint density at radius 3 is 2.60 bits per heavy atom. The molecule has 0 aliphatic carbocycles. The number of halogens is 2. The number of carbonyl (C=O) groups excluding carboxylic acids is 1. The quantitative estimate of drug-likeness (QED) is 0.305. The van der Waals surface area contributed by atoms with E-state index in [1.807, 2.05) is 36.2 Å². The smallest absolute Gasteiger partial charge is 0.248 e. The van der Waals surface area contributed by atoms with E-state index in [2.05, 4.69) is 9.55 Å². The van der Waals surface area contributed by atoms with Gasteiger partial charge in [0.2, 0.25) is 5.91 Å². The first-order valence-corrected chi connectivity index (χ1v) is 13.8. The highest BCUT2D eigenvalue weighted by molar-refractivity contribution is 5.77. The normalized spacial score (nSPS) is 17.6. The van der Waals surface area contributed by atoms with E-state index in [0.29, 0.717) is 37.7 Å². The van der Waals surface area contributed by atoms with E-state index in [0.717, 1.165) is 36.5 Å². The Balaban J connectivity index is 1.44. The summed E-state index contributed by atoms with van der Waals surface area (Å²) in [5, 5.41) is 11.6. The van der Waals surface area contributed by atoms with Crippen molar-refractivity contribution in [2.24, 2.45) is 0 Å². The lowest BCUT2D eigenvalue weighted by molar-refractivity contribution is -0.138. The van der Waals surface area contributed by atoms with Crippen molar-refractivity contribution in [1.29, 1.82) is 0 Å². The summed E-state index contributed by atoms with van der Waals surface area (Å²) in [6, 6.07) is 8.86. The summed E-state index contributed by atoms with van der Waals surface area (Å²) >= 11 is 0. The summed E-state index contributed by atoms with van der Waals surface area (Å²) in [5.74, 6) is -0.0565. The van der Waals surface area contributed by atoms with Crippen LogP contribution in [0.5, 0.6) is 17.2 Å². The van der Waals surface area contributed by atoms with Gasteiger partial charge in [0.25, 0.3) is 0 Å². The number of hydrogen-bond donors (Lipinski definition) is 1. The number of aliphatic hydroxyl groups is 1. The molecule has 4 rings (SSSR count). The van der Waals surface area contributed by atoms with Gasteiger partial charge < -0.3 is 33.5 Å². The van der Waals surface area contributed by atoms with Gasteiger partial charge in [-0.3, -0.25) is 9.69 Å². The number of methoxy groups -OCH3 is 2. The lowest BCUT2D eigenvalue weighted by Crippen LogP contribution is -2.52. The van der Waals surface area contributed by atoms with Crippen LogP contribution in [0.2, 0.25) is 0 Å². The first-order chi connectivity index (χ1) is 20.2. The number of aryl methyl sites for hydroxylation is 2. The summed E-state index contributed by atoms with van der Waals surface area (Å²) in [6.45, 7) is 4.32. The number of carbonyl (C=O) groups is 1. The molecule has 1 aliphatic rings. The maximum Gasteiger partial charge on any atom is 0.248 e. The highest BCUT2D eigenvalue weighted by atomic mass is 19.2. The van der Waals surface area contributed by atoms with E-state index in [1.54, 1.807) is 13.3 Å². The predicted octanol–water partition coefficient (Wildman–Crippen LogP) is 3.05. The van der Waals surface area contributed by atoms with Crippen molar-refractivity contribution in [3.05, 3.63) is 71.8 Å². The molecule has 228 valence electrons. The molecule has 42 heavy (non-hydrogen) atoms. The van der Waals surface area contributed by atoms with Crippen molar-refractivity contribution in [2.45, 2.75) is 32.0 Å². The number of nitrogens with zero attached hydrogens (tertiary/aromatic N) is 4. The fourth-order valence-electron chi connectivity index (χ4n) is 4.93. The van der Waals surface area contributed by atoms with Crippen LogP contribution in [0.3, 0.4) is 0 Å². The van der Waals surface area contributed by atoms with Crippen molar-refractivity contribution in [3.63, 3.8) is 0 Å². The summed E-state index contributed by atoms with van der Waals surface area (Å²) in [7, 11) is 3.02. The van der Waals surface area contributed by atoms with Crippen molar-refractivity contribution in [2.75, 3.05) is 60.2 Å². The highest BCUT2D eigenvalue weighted by Crippen LogP contribution is 2.29. The lowest BCUT2D eigenvalue weighted by atomic mass is 10.0. The van der Waals surface area contributed by atoms with Crippen LogP contribution in [0, 0.1) is 18.6 Å². The van der Waals surface area contributed by atoms with Gasteiger partial charge in [0.05, 0.1) is 20.3 Å². The van der Waals surface area contributed by atoms with Gasteiger partial charge in [-0.2, -0.15) is 0 Å². The minimum Gasteiger partial charge on any atom is -0.493 e. The molecule has 1 aliphatic heterocycles. The predicted molar refractivity (Wildman–Crippen MR) is 151 cm³/mol. The van der Waals surface area contributed by atoms with Crippen molar-refractivity contribution < 1.29 is 37.6 Å².